The third-order valence-electron chi connectivity index (χ3n) is 2.78. The first kappa shape index (κ1) is 14.7. The number of carbonyl (C=O) groups is 2. The van der Waals surface area contributed by atoms with E-state index < -0.39 is 24.5 Å². The van der Waals surface area contributed by atoms with Gasteiger partial charge in [-0.2, -0.15) is 0 Å². The van der Waals surface area contributed by atoms with E-state index in [1.165, 1.54) is 13.2 Å². The van der Waals surface area contributed by atoms with Crippen molar-refractivity contribution in [1.82, 2.24) is 10.5 Å². The number of nitrogens with one attached hydrogen (secondary N) is 1. The second-order valence-electron chi connectivity index (χ2n) is 4.17. The van der Waals surface area contributed by atoms with E-state index in [9.17, 15) is 9.59 Å². The van der Waals surface area contributed by atoms with Crippen molar-refractivity contribution in [3.05, 3.63) is 42.2 Å². The van der Waals surface area contributed by atoms with Crippen LogP contribution >= 0.6 is 0 Å². The number of carbonyl (C=O) groups excluding carboxylic acids is 2. The Balaban J connectivity index is 2.11. The molecular weight excluding hydrogens is 276 g/mol. The summed E-state index contributed by atoms with van der Waals surface area (Å²) in [5, 5.41) is 15.1. The van der Waals surface area contributed by atoms with Crippen molar-refractivity contribution in [1.29, 1.82) is 0 Å². The number of aromatic nitrogens is 1. The Bertz CT molecular complexity index is 623. The Morgan fingerprint density at radius 3 is 2.71 bits per heavy atom. The summed E-state index contributed by atoms with van der Waals surface area (Å²) in [4.78, 5) is 23.2. The maximum Gasteiger partial charge on any atom is 0.330 e. The number of amides is 1. The molecule has 0 saturated carbocycles. The lowest BCUT2D eigenvalue weighted by Crippen LogP contribution is -2.43. The summed E-state index contributed by atoms with van der Waals surface area (Å²) in [7, 11) is 1.17. The molecule has 0 saturated heterocycles. The highest BCUT2D eigenvalue weighted by Crippen LogP contribution is 2.18. The summed E-state index contributed by atoms with van der Waals surface area (Å²) in [6.07, 6.45) is 0. The van der Waals surface area contributed by atoms with Gasteiger partial charge in [0.15, 0.2) is 6.04 Å². The Hall–Kier alpha value is -2.67. The summed E-state index contributed by atoms with van der Waals surface area (Å²) < 4.78 is 9.40. The molecule has 110 valence electrons. The van der Waals surface area contributed by atoms with E-state index in [4.69, 9.17) is 9.63 Å². The van der Waals surface area contributed by atoms with Gasteiger partial charge in [0, 0.05) is 11.6 Å². The molecule has 1 aromatic carbocycles. The van der Waals surface area contributed by atoms with Crippen molar-refractivity contribution in [3.8, 4) is 11.3 Å². The van der Waals surface area contributed by atoms with Gasteiger partial charge in [0.1, 0.15) is 5.69 Å². The second-order valence-corrected chi connectivity index (χ2v) is 4.17. The monoisotopic (exact) mass is 290 g/mol. The SMILES string of the molecule is COC(=O)C(CO)NC(=O)c1cc(-c2ccccc2)no1. The first-order valence-corrected chi connectivity index (χ1v) is 6.17. The van der Waals surface area contributed by atoms with Crippen LogP contribution in [0.5, 0.6) is 0 Å². The number of aliphatic hydroxyl groups is 1. The van der Waals surface area contributed by atoms with Gasteiger partial charge < -0.3 is 19.7 Å². The zero-order valence-corrected chi connectivity index (χ0v) is 11.3. The average molecular weight is 290 g/mol. The summed E-state index contributed by atoms with van der Waals surface area (Å²) >= 11 is 0. The molecule has 1 amide bonds. The van der Waals surface area contributed by atoms with Crippen LogP contribution in [0.25, 0.3) is 11.3 Å². The van der Waals surface area contributed by atoms with E-state index in [0.717, 1.165) is 5.56 Å². The fraction of sp³-hybridized carbons (Fsp3) is 0.214. The smallest absolute Gasteiger partial charge is 0.330 e. The van der Waals surface area contributed by atoms with Crippen LogP contribution in [0.1, 0.15) is 10.6 Å². The van der Waals surface area contributed by atoms with Crippen LogP contribution in [0.4, 0.5) is 0 Å². The Labute approximate surface area is 120 Å². The molecule has 0 aliphatic carbocycles. The van der Waals surface area contributed by atoms with Gasteiger partial charge in [0.05, 0.1) is 13.7 Å². The number of hydrogen-bond donors (Lipinski definition) is 2. The number of rotatable bonds is 5. The molecular formula is C14H14N2O5. The van der Waals surface area contributed by atoms with Gasteiger partial charge in [-0.25, -0.2) is 4.79 Å². The maximum absolute atomic E-state index is 11.9. The fourth-order valence-electron chi connectivity index (χ4n) is 1.68. The number of hydrogen-bond acceptors (Lipinski definition) is 6. The predicted octanol–water partition coefficient (Wildman–Crippen LogP) is 0.605. The highest BCUT2D eigenvalue weighted by atomic mass is 16.5. The molecule has 7 nitrogen and oxygen atoms in total. The minimum atomic E-state index is -1.15. The number of benzene rings is 1. The summed E-state index contributed by atoms with van der Waals surface area (Å²) in [6.45, 7) is -0.571. The molecule has 0 radical (unpaired) electrons. The molecule has 1 heterocycles. The molecule has 0 aliphatic rings. The normalized spacial score (nSPS) is 11.7. The fourth-order valence-corrected chi connectivity index (χ4v) is 1.68. The van der Waals surface area contributed by atoms with Gasteiger partial charge in [-0.15, -0.1) is 0 Å². The summed E-state index contributed by atoms with van der Waals surface area (Å²) in [5.74, 6) is -1.46. The standard InChI is InChI=1S/C14H14N2O5/c1-20-14(19)11(8-17)15-13(18)12-7-10(16-21-12)9-5-3-2-4-6-9/h2-7,11,17H,8H2,1H3,(H,15,18). The van der Waals surface area contributed by atoms with Crippen molar-refractivity contribution in [3.63, 3.8) is 0 Å². The number of aliphatic hydroxyl groups excluding tert-OH is 1. The van der Waals surface area contributed by atoms with Gasteiger partial charge >= 0.3 is 5.97 Å². The molecule has 2 rings (SSSR count). The molecule has 0 fully saturated rings. The van der Waals surface area contributed by atoms with E-state index in [1.54, 1.807) is 0 Å². The topological polar surface area (TPSA) is 102 Å². The molecule has 0 spiro atoms. The average Bonchev–Trinajstić information content (AvgIpc) is 3.02. The molecule has 2 aromatic rings. The first-order chi connectivity index (χ1) is 10.2. The van der Waals surface area contributed by atoms with Crippen LogP contribution in [0.2, 0.25) is 0 Å². The van der Waals surface area contributed by atoms with E-state index >= 15 is 0 Å². The lowest BCUT2D eigenvalue weighted by atomic mass is 10.1. The highest BCUT2D eigenvalue weighted by Gasteiger charge is 2.23. The Morgan fingerprint density at radius 2 is 2.10 bits per heavy atom. The van der Waals surface area contributed by atoms with Crippen molar-refractivity contribution < 1.29 is 24.0 Å². The molecule has 1 atom stereocenters. The zero-order valence-electron chi connectivity index (χ0n) is 11.3. The van der Waals surface area contributed by atoms with Crippen LogP contribution in [0.15, 0.2) is 40.9 Å². The molecule has 0 aliphatic heterocycles. The second kappa shape index (κ2) is 6.67. The number of methoxy groups -OCH3 is 1. The molecule has 1 unspecified atom stereocenters. The number of ether oxygens (including phenoxy) is 1. The van der Waals surface area contributed by atoms with Gasteiger partial charge in [-0.1, -0.05) is 35.5 Å². The van der Waals surface area contributed by atoms with E-state index in [1.807, 2.05) is 30.3 Å². The van der Waals surface area contributed by atoms with Gasteiger partial charge in [-0.3, -0.25) is 4.79 Å². The van der Waals surface area contributed by atoms with Gasteiger partial charge in [0.25, 0.3) is 5.91 Å². The number of nitrogens with zero attached hydrogens (tertiary/aromatic N) is 1. The summed E-state index contributed by atoms with van der Waals surface area (Å²) in [6, 6.07) is 9.49. The molecule has 0 bridgehead atoms. The van der Waals surface area contributed by atoms with Crippen molar-refractivity contribution >= 4 is 11.9 Å². The summed E-state index contributed by atoms with van der Waals surface area (Å²) in [5.41, 5.74) is 1.30. The molecule has 7 heteroatoms. The van der Waals surface area contributed by atoms with Crippen LogP contribution in [0, 0.1) is 0 Å². The molecule has 21 heavy (non-hydrogen) atoms. The Kier molecular flexibility index (Phi) is 4.68. The van der Waals surface area contributed by atoms with Crippen LogP contribution < -0.4 is 5.32 Å². The number of esters is 1. The van der Waals surface area contributed by atoms with Gasteiger partial charge in [-0.05, 0) is 0 Å². The molecule has 1 aromatic heterocycles. The van der Waals surface area contributed by atoms with E-state index in [-0.39, 0.29) is 5.76 Å². The Morgan fingerprint density at radius 1 is 1.38 bits per heavy atom. The minimum absolute atomic E-state index is 0.0591. The zero-order chi connectivity index (χ0) is 15.2. The first-order valence-electron chi connectivity index (χ1n) is 6.17. The van der Waals surface area contributed by atoms with Crippen molar-refractivity contribution in [2.75, 3.05) is 13.7 Å². The predicted molar refractivity (Wildman–Crippen MR) is 72.3 cm³/mol. The minimum Gasteiger partial charge on any atom is -0.467 e. The van der Waals surface area contributed by atoms with Crippen LogP contribution in [0.3, 0.4) is 0 Å². The van der Waals surface area contributed by atoms with Crippen molar-refractivity contribution in [2.24, 2.45) is 0 Å². The lowest BCUT2D eigenvalue weighted by molar-refractivity contribution is -0.143. The van der Waals surface area contributed by atoms with Crippen LogP contribution in [-0.2, 0) is 9.53 Å². The van der Waals surface area contributed by atoms with E-state index in [0.29, 0.717) is 5.69 Å². The lowest BCUT2D eigenvalue weighted by Gasteiger charge is -2.12. The van der Waals surface area contributed by atoms with Gasteiger partial charge in [0.2, 0.25) is 5.76 Å². The van der Waals surface area contributed by atoms with E-state index in [2.05, 4.69) is 15.2 Å². The third kappa shape index (κ3) is 3.46. The molecule has 2 N–H and O–H groups in total. The maximum atomic E-state index is 11.9. The van der Waals surface area contributed by atoms with Crippen molar-refractivity contribution in [2.45, 2.75) is 6.04 Å². The quantitative estimate of drug-likeness (QED) is 0.782. The van der Waals surface area contributed by atoms with Crippen LogP contribution in [-0.4, -0.2) is 41.9 Å². The third-order valence-corrected chi connectivity index (χ3v) is 2.78. The highest BCUT2D eigenvalue weighted by molar-refractivity contribution is 5.95. The largest absolute Gasteiger partial charge is 0.467 e.